The number of nitrogens with zero attached hydrogens (tertiary/aromatic N) is 2. The van der Waals surface area contributed by atoms with E-state index in [0.717, 1.165) is 22.5 Å². The summed E-state index contributed by atoms with van der Waals surface area (Å²) in [6, 6.07) is 12.1. The van der Waals surface area contributed by atoms with E-state index in [1.165, 1.54) is 0 Å². The molecule has 0 fully saturated rings. The Hall–Kier alpha value is -2.36. The molecule has 0 bridgehead atoms. The zero-order valence-electron chi connectivity index (χ0n) is 8.51. The van der Waals surface area contributed by atoms with Crippen molar-refractivity contribution in [2.75, 3.05) is 0 Å². The Morgan fingerprint density at radius 1 is 1.00 bits per heavy atom. The van der Waals surface area contributed by atoms with E-state index >= 15 is 0 Å². The number of benzene rings is 1. The van der Waals surface area contributed by atoms with Crippen molar-refractivity contribution in [2.45, 2.75) is 0 Å². The van der Waals surface area contributed by atoms with E-state index in [1.807, 2.05) is 36.5 Å². The van der Waals surface area contributed by atoms with Crippen LogP contribution >= 0.6 is 0 Å². The van der Waals surface area contributed by atoms with Crippen LogP contribution in [0.2, 0.25) is 0 Å². The minimum Gasteiger partial charge on any atom is -0.285 e. The van der Waals surface area contributed by atoms with Crippen molar-refractivity contribution < 1.29 is 0 Å². The van der Waals surface area contributed by atoms with Crippen LogP contribution in [0, 0.1) is 0 Å². The standard InChI is InChI=1S/C12H10N4/c1-2-9(11-4-6-13-15-11)8-10(3-1)12-5-7-14-16-12/h1-8H,(H,13,15)(H,14,16). The summed E-state index contributed by atoms with van der Waals surface area (Å²) in [5.74, 6) is 0. The molecular weight excluding hydrogens is 200 g/mol. The lowest BCUT2D eigenvalue weighted by atomic mass is 10.1. The Bertz CT molecular complexity index is 517. The topological polar surface area (TPSA) is 57.4 Å². The fraction of sp³-hybridized carbons (Fsp3) is 0. The molecule has 4 nitrogen and oxygen atoms in total. The van der Waals surface area contributed by atoms with Crippen molar-refractivity contribution in [1.29, 1.82) is 0 Å². The first-order valence-corrected chi connectivity index (χ1v) is 5.03. The molecule has 0 saturated heterocycles. The third-order valence-corrected chi connectivity index (χ3v) is 2.47. The van der Waals surface area contributed by atoms with Gasteiger partial charge in [-0.25, -0.2) is 0 Å². The van der Waals surface area contributed by atoms with Crippen LogP contribution in [0.25, 0.3) is 22.5 Å². The zero-order valence-corrected chi connectivity index (χ0v) is 8.51. The molecule has 0 aliphatic heterocycles. The van der Waals surface area contributed by atoms with Gasteiger partial charge in [-0.05, 0) is 18.2 Å². The summed E-state index contributed by atoms with van der Waals surface area (Å²) < 4.78 is 0. The molecule has 4 heteroatoms. The number of aromatic nitrogens is 4. The van der Waals surface area contributed by atoms with Crippen LogP contribution in [0.4, 0.5) is 0 Å². The van der Waals surface area contributed by atoms with E-state index in [0.29, 0.717) is 0 Å². The molecule has 0 spiro atoms. The van der Waals surface area contributed by atoms with Gasteiger partial charge in [-0.15, -0.1) is 0 Å². The molecule has 0 radical (unpaired) electrons. The van der Waals surface area contributed by atoms with Gasteiger partial charge in [0.15, 0.2) is 0 Å². The summed E-state index contributed by atoms with van der Waals surface area (Å²) >= 11 is 0. The van der Waals surface area contributed by atoms with Gasteiger partial charge in [0.2, 0.25) is 0 Å². The lowest BCUT2D eigenvalue weighted by molar-refractivity contribution is 1.09. The minimum absolute atomic E-state index is 0.946. The molecule has 3 rings (SSSR count). The highest BCUT2D eigenvalue weighted by atomic mass is 15.1. The predicted octanol–water partition coefficient (Wildman–Crippen LogP) is 2.47. The number of rotatable bonds is 2. The highest BCUT2D eigenvalue weighted by Gasteiger charge is 2.03. The lowest BCUT2D eigenvalue weighted by Crippen LogP contribution is -1.82. The monoisotopic (exact) mass is 210 g/mol. The minimum atomic E-state index is 0.946. The predicted molar refractivity (Wildman–Crippen MR) is 61.6 cm³/mol. The van der Waals surface area contributed by atoms with Crippen molar-refractivity contribution in [3.8, 4) is 22.5 Å². The van der Waals surface area contributed by atoms with Crippen LogP contribution in [0.3, 0.4) is 0 Å². The largest absolute Gasteiger partial charge is 0.285 e. The van der Waals surface area contributed by atoms with Crippen LogP contribution in [-0.4, -0.2) is 20.4 Å². The van der Waals surface area contributed by atoms with Gasteiger partial charge in [0, 0.05) is 23.5 Å². The molecule has 0 amide bonds. The average Bonchev–Trinajstić information content (AvgIpc) is 3.03. The molecule has 0 saturated carbocycles. The Balaban J connectivity index is 2.07. The molecule has 3 aromatic rings. The molecule has 2 N–H and O–H groups in total. The number of hydrogen-bond acceptors (Lipinski definition) is 2. The molecule has 2 aromatic heterocycles. The second-order valence-electron chi connectivity index (χ2n) is 3.51. The smallest absolute Gasteiger partial charge is 0.0920 e. The van der Waals surface area contributed by atoms with Crippen LogP contribution in [-0.2, 0) is 0 Å². The Kier molecular flexibility index (Phi) is 2.04. The molecule has 2 heterocycles. The second-order valence-corrected chi connectivity index (χ2v) is 3.51. The van der Waals surface area contributed by atoms with Gasteiger partial charge in [0.25, 0.3) is 0 Å². The average molecular weight is 210 g/mol. The van der Waals surface area contributed by atoms with E-state index in [1.54, 1.807) is 6.20 Å². The summed E-state index contributed by atoms with van der Waals surface area (Å²) in [6.07, 6.45) is 3.56. The van der Waals surface area contributed by atoms with Gasteiger partial charge >= 0.3 is 0 Å². The highest BCUT2D eigenvalue weighted by Crippen LogP contribution is 2.23. The summed E-state index contributed by atoms with van der Waals surface area (Å²) in [7, 11) is 0. The van der Waals surface area contributed by atoms with Crippen molar-refractivity contribution >= 4 is 0 Å². The fourth-order valence-corrected chi connectivity index (χ4v) is 1.68. The highest BCUT2D eigenvalue weighted by molar-refractivity contribution is 5.68. The van der Waals surface area contributed by atoms with Crippen molar-refractivity contribution in [1.82, 2.24) is 20.4 Å². The molecule has 16 heavy (non-hydrogen) atoms. The quantitative estimate of drug-likeness (QED) is 0.682. The molecule has 1 aromatic carbocycles. The normalized spacial score (nSPS) is 10.5. The molecule has 0 atom stereocenters. The molecule has 0 aliphatic carbocycles. The number of aromatic amines is 2. The van der Waals surface area contributed by atoms with Gasteiger partial charge in [-0.3, -0.25) is 10.2 Å². The van der Waals surface area contributed by atoms with Gasteiger partial charge in [0.05, 0.1) is 11.4 Å². The van der Waals surface area contributed by atoms with Crippen LogP contribution in [0.15, 0.2) is 48.8 Å². The van der Waals surface area contributed by atoms with Crippen LogP contribution in [0.5, 0.6) is 0 Å². The molecular formula is C12H10N4. The van der Waals surface area contributed by atoms with Gasteiger partial charge in [0.1, 0.15) is 0 Å². The first-order valence-electron chi connectivity index (χ1n) is 5.03. The summed E-state index contributed by atoms with van der Waals surface area (Å²) in [4.78, 5) is 0. The maximum atomic E-state index is 4.16. The van der Waals surface area contributed by atoms with Gasteiger partial charge in [-0.2, -0.15) is 10.2 Å². The van der Waals surface area contributed by atoms with Gasteiger partial charge in [-0.1, -0.05) is 18.2 Å². The number of H-pyrrole nitrogens is 2. The number of hydrogen-bond donors (Lipinski definition) is 2. The fourth-order valence-electron chi connectivity index (χ4n) is 1.68. The van der Waals surface area contributed by atoms with Crippen molar-refractivity contribution in [3.05, 3.63) is 48.8 Å². The van der Waals surface area contributed by atoms with E-state index < -0.39 is 0 Å². The Morgan fingerprint density at radius 3 is 2.69 bits per heavy atom. The molecule has 0 aliphatic rings. The third kappa shape index (κ3) is 1.50. The van der Waals surface area contributed by atoms with E-state index in [-0.39, 0.29) is 0 Å². The van der Waals surface area contributed by atoms with E-state index in [4.69, 9.17) is 0 Å². The first kappa shape index (κ1) is 8.91. The maximum Gasteiger partial charge on any atom is 0.0920 e. The summed E-state index contributed by atoms with van der Waals surface area (Å²) in [5, 5.41) is 13.9. The van der Waals surface area contributed by atoms with Crippen LogP contribution < -0.4 is 0 Å². The summed E-state index contributed by atoms with van der Waals surface area (Å²) in [5.41, 5.74) is 4.16. The second kappa shape index (κ2) is 3.66. The van der Waals surface area contributed by atoms with Crippen LogP contribution in [0.1, 0.15) is 0 Å². The molecule has 78 valence electrons. The zero-order chi connectivity index (χ0) is 10.8. The van der Waals surface area contributed by atoms with E-state index in [9.17, 15) is 0 Å². The third-order valence-electron chi connectivity index (χ3n) is 2.47. The number of nitrogens with one attached hydrogen (secondary N) is 2. The Labute approximate surface area is 92.3 Å². The van der Waals surface area contributed by atoms with Gasteiger partial charge < -0.3 is 0 Å². The first-order chi connectivity index (χ1) is 7.93. The van der Waals surface area contributed by atoms with E-state index in [2.05, 4.69) is 26.5 Å². The van der Waals surface area contributed by atoms with Crippen molar-refractivity contribution in [2.24, 2.45) is 0 Å². The summed E-state index contributed by atoms with van der Waals surface area (Å²) in [6.45, 7) is 0. The molecule has 0 unspecified atom stereocenters. The Morgan fingerprint density at radius 2 is 1.94 bits per heavy atom. The SMILES string of the molecule is c1cc(-c2cc[nH]n2)cc(-c2ccn[nH]2)c1. The van der Waals surface area contributed by atoms with Crippen molar-refractivity contribution in [3.63, 3.8) is 0 Å². The maximum absolute atomic E-state index is 4.16. The lowest BCUT2D eigenvalue weighted by Gasteiger charge is -2.00.